The highest BCUT2D eigenvalue weighted by Crippen LogP contribution is 2.28. The predicted molar refractivity (Wildman–Crippen MR) is 98.3 cm³/mol. The molecular weight excluding hydrogens is 352 g/mol. The Labute approximate surface area is 153 Å². The number of para-hydroxylation sites is 1. The van der Waals surface area contributed by atoms with E-state index in [1.165, 1.54) is 22.1 Å². The van der Waals surface area contributed by atoms with Crippen molar-refractivity contribution in [1.82, 2.24) is 19.3 Å². The Bertz CT molecular complexity index is 1080. The zero-order chi connectivity index (χ0) is 18.3. The SMILES string of the molecule is COCCCn1c([O-])cc2nn(-c3nc4ccccc4s3)c(=O)c-2c1C. The molecule has 4 rings (SSSR count). The van der Waals surface area contributed by atoms with Crippen LogP contribution in [-0.2, 0) is 11.3 Å². The molecule has 0 fully saturated rings. The molecule has 0 bridgehead atoms. The summed E-state index contributed by atoms with van der Waals surface area (Å²) in [7, 11) is 1.62. The number of nitrogens with zero attached hydrogens (tertiary/aromatic N) is 4. The van der Waals surface area contributed by atoms with E-state index in [2.05, 4.69) is 10.1 Å². The molecule has 0 amide bonds. The number of aromatic nitrogens is 4. The first-order chi connectivity index (χ1) is 12.6. The first-order valence-electron chi connectivity index (χ1n) is 8.25. The molecule has 1 aromatic heterocycles. The van der Waals surface area contributed by atoms with Crippen molar-refractivity contribution in [2.45, 2.75) is 19.9 Å². The molecule has 8 heteroatoms. The van der Waals surface area contributed by atoms with E-state index < -0.39 is 0 Å². The Morgan fingerprint density at radius 3 is 2.88 bits per heavy atom. The van der Waals surface area contributed by atoms with Crippen LogP contribution in [0.25, 0.3) is 26.6 Å². The second kappa shape index (κ2) is 6.54. The van der Waals surface area contributed by atoms with Crippen LogP contribution in [0.4, 0.5) is 0 Å². The van der Waals surface area contributed by atoms with Crippen molar-refractivity contribution in [3.63, 3.8) is 0 Å². The second-order valence-electron chi connectivity index (χ2n) is 6.01. The van der Waals surface area contributed by atoms with Gasteiger partial charge in [0, 0.05) is 26.0 Å². The van der Waals surface area contributed by atoms with Gasteiger partial charge in [-0.3, -0.25) is 4.79 Å². The van der Waals surface area contributed by atoms with Gasteiger partial charge < -0.3 is 14.4 Å². The van der Waals surface area contributed by atoms with Gasteiger partial charge in [0.15, 0.2) is 0 Å². The van der Waals surface area contributed by atoms with Crippen LogP contribution in [0.1, 0.15) is 12.1 Å². The molecule has 0 spiro atoms. The van der Waals surface area contributed by atoms with Crippen LogP contribution < -0.4 is 10.7 Å². The van der Waals surface area contributed by atoms with Crippen molar-refractivity contribution >= 4 is 21.6 Å². The van der Waals surface area contributed by atoms with E-state index in [1.54, 1.807) is 18.6 Å². The lowest BCUT2D eigenvalue weighted by molar-refractivity contribution is -0.279. The third kappa shape index (κ3) is 2.67. The maximum Gasteiger partial charge on any atom is 0.284 e. The van der Waals surface area contributed by atoms with Crippen molar-refractivity contribution in [3.8, 4) is 22.3 Å². The van der Waals surface area contributed by atoms with Gasteiger partial charge in [-0.05, 0) is 37.4 Å². The Kier molecular flexibility index (Phi) is 4.21. The molecule has 0 saturated heterocycles. The van der Waals surface area contributed by atoms with Crippen LogP contribution in [0.2, 0.25) is 0 Å². The van der Waals surface area contributed by atoms with Gasteiger partial charge in [-0.15, -0.1) is 0 Å². The van der Waals surface area contributed by atoms with Gasteiger partial charge in [0.25, 0.3) is 5.56 Å². The van der Waals surface area contributed by atoms with Crippen molar-refractivity contribution < 1.29 is 9.84 Å². The number of thiazole rings is 1. The third-order valence-electron chi connectivity index (χ3n) is 4.36. The van der Waals surface area contributed by atoms with Crippen LogP contribution in [0.5, 0.6) is 5.88 Å². The van der Waals surface area contributed by atoms with Crippen molar-refractivity contribution in [3.05, 3.63) is 46.4 Å². The summed E-state index contributed by atoms with van der Waals surface area (Å²) in [5.41, 5.74) is 2.06. The fourth-order valence-corrected chi connectivity index (χ4v) is 4.00. The monoisotopic (exact) mass is 369 g/mol. The lowest BCUT2D eigenvalue weighted by atomic mass is 10.1. The molecule has 0 N–H and O–H groups in total. The van der Waals surface area contributed by atoms with E-state index in [0.29, 0.717) is 41.7 Å². The van der Waals surface area contributed by atoms with Gasteiger partial charge in [0.05, 0.1) is 21.5 Å². The molecule has 2 aromatic rings. The number of ether oxygens (including phenoxy) is 1. The lowest BCUT2D eigenvalue weighted by Gasteiger charge is -2.22. The summed E-state index contributed by atoms with van der Waals surface area (Å²) in [4.78, 5) is 17.4. The van der Waals surface area contributed by atoms with Gasteiger partial charge in [-0.2, -0.15) is 9.78 Å². The molecule has 3 heterocycles. The number of fused-ring (bicyclic) bond motifs is 2. The van der Waals surface area contributed by atoms with Crippen LogP contribution >= 0.6 is 11.3 Å². The second-order valence-corrected chi connectivity index (χ2v) is 7.02. The number of methoxy groups -OCH3 is 1. The molecule has 0 saturated carbocycles. The van der Waals surface area contributed by atoms with Crippen molar-refractivity contribution in [2.24, 2.45) is 0 Å². The molecule has 0 atom stereocenters. The number of hydrogen-bond acceptors (Lipinski definition) is 6. The fraction of sp³-hybridized carbons (Fsp3) is 0.278. The van der Waals surface area contributed by atoms with E-state index in [0.717, 1.165) is 10.2 Å². The molecule has 7 nitrogen and oxygen atoms in total. The molecule has 134 valence electrons. The van der Waals surface area contributed by atoms with E-state index in [1.807, 2.05) is 24.3 Å². The van der Waals surface area contributed by atoms with E-state index >= 15 is 0 Å². The molecule has 1 aromatic carbocycles. The molecule has 2 aliphatic heterocycles. The summed E-state index contributed by atoms with van der Waals surface area (Å²) >= 11 is 1.40. The first kappa shape index (κ1) is 16.7. The Morgan fingerprint density at radius 1 is 1.31 bits per heavy atom. The molecule has 0 aliphatic carbocycles. The summed E-state index contributed by atoms with van der Waals surface area (Å²) in [5.74, 6) is -0.167. The first-order valence-corrected chi connectivity index (χ1v) is 9.07. The topological polar surface area (TPSA) is 85.0 Å². The Morgan fingerprint density at radius 2 is 2.12 bits per heavy atom. The average molecular weight is 369 g/mol. The highest BCUT2D eigenvalue weighted by molar-refractivity contribution is 7.20. The minimum atomic E-state index is -0.253. The van der Waals surface area contributed by atoms with Crippen LogP contribution in [-0.4, -0.2) is 33.0 Å². The molecule has 0 radical (unpaired) electrons. The van der Waals surface area contributed by atoms with E-state index in [-0.39, 0.29) is 11.4 Å². The summed E-state index contributed by atoms with van der Waals surface area (Å²) in [5, 5.41) is 17.3. The zero-order valence-electron chi connectivity index (χ0n) is 14.4. The highest BCUT2D eigenvalue weighted by atomic mass is 32.1. The fourth-order valence-electron chi connectivity index (χ4n) is 3.08. The minimum Gasteiger partial charge on any atom is -0.860 e. The average Bonchev–Trinajstić information content (AvgIpc) is 3.18. The number of pyridine rings is 1. The smallest absolute Gasteiger partial charge is 0.284 e. The standard InChI is InChI=1S/C18H18N4O3S/c1-11-16-13(10-15(23)21(11)8-5-9-25-2)20-22(17(16)24)18-19-12-6-3-4-7-14(12)26-18/h3-4,6-7,10,23H,5,8-9H2,1-2H3/p-1. The quantitative estimate of drug-likeness (QED) is 0.503. The number of rotatable bonds is 5. The zero-order valence-corrected chi connectivity index (χ0v) is 15.2. The Hall–Kier alpha value is -2.71. The molecule has 2 aliphatic rings. The largest absolute Gasteiger partial charge is 0.860 e. The van der Waals surface area contributed by atoms with Crippen LogP contribution in [0.15, 0.2) is 35.1 Å². The molecule has 26 heavy (non-hydrogen) atoms. The molecular formula is C18H17N4O3S-. The van der Waals surface area contributed by atoms with Gasteiger partial charge in [-0.25, -0.2) is 4.98 Å². The third-order valence-corrected chi connectivity index (χ3v) is 5.37. The lowest BCUT2D eigenvalue weighted by Crippen LogP contribution is -2.18. The summed E-state index contributed by atoms with van der Waals surface area (Å²) < 4.78 is 8.93. The number of hydrogen-bond donors (Lipinski definition) is 0. The number of benzene rings is 1. The predicted octanol–water partition coefficient (Wildman–Crippen LogP) is 2.17. The van der Waals surface area contributed by atoms with Gasteiger partial charge >= 0.3 is 0 Å². The van der Waals surface area contributed by atoms with Crippen LogP contribution in [0, 0.1) is 6.92 Å². The van der Waals surface area contributed by atoms with Gasteiger partial charge in [0.2, 0.25) is 5.13 Å². The van der Waals surface area contributed by atoms with E-state index in [4.69, 9.17) is 4.74 Å². The highest BCUT2D eigenvalue weighted by Gasteiger charge is 2.22. The van der Waals surface area contributed by atoms with Crippen molar-refractivity contribution in [1.29, 1.82) is 0 Å². The van der Waals surface area contributed by atoms with Gasteiger partial charge in [-0.1, -0.05) is 23.5 Å². The van der Waals surface area contributed by atoms with E-state index in [9.17, 15) is 9.90 Å². The van der Waals surface area contributed by atoms with Crippen LogP contribution in [0.3, 0.4) is 0 Å². The Balaban J connectivity index is 1.85. The minimum absolute atomic E-state index is 0.167. The molecule has 0 unspecified atom stereocenters. The maximum absolute atomic E-state index is 12.9. The summed E-state index contributed by atoms with van der Waals surface area (Å²) in [6.07, 6.45) is 0.697. The summed E-state index contributed by atoms with van der Waals surface area (Å²) in [6, 6.07) is 9.10. The van der Waals surface area contributed by atoms with Gasteiger partial charge in [0.1, 0.15) is 0 Å². The maximum atomic E-state index is 12.9. The van der Waals surface area contributed by atoms with Crippen molar-refractivity contribution in [2.75, 3.05) is 13.7 Å². The normalized spacial score (nSPS) is 11.6. The summed E-state index contributed by atoms with van der Waals surface area (Å²) in [6.45, 7) is 2.83.